The number of anilines is 1. The third-order valence-corrected chi connectivity index (χ3v) is 7.68. The van der Waals surface area contributed by atoms with Crippen LogP contribution < -0.4 is 5.73 Å². The Morgan fingerprint density at radius 1 is 1.23 bits per heavy atom. The summed E-state index contributed by atoms with van der Waals surface area (Å²) in [7, 11) is -1.97. The normalized spacial score (nSPS) is 13.1. The molecule has 0 spiro atoms. The molecule has 0 aliphatic heterocycles. The van der Waals surface area contributed by atoms with Crippen LogP contribution >= 0.6 is 23.2 Å². The fraction of sp³-hybridized carbons (Fsp3) is 0.400. The quantitative estimate of drug-likeness (QED) is 0.544. The molecule has 30 heavy (non-hydrogen) atoms. The Morgan fingerprint density at radius 2 is 1.93 bits per heavy atom. The summed E-state index contributed by atoms with van der Waals surface area (Å²) in [4.78, 5) is 9.08. The number of hydrogen-bond donors (Lipinski definition) is 1. The van der Waals surface area contributed by atoms with Gasteiger partial charge < -0.3 is 15.0 Å². The van der Waals surface area contributed by atoms with Crippen LogP contribution in [0.5, 0.6) is 0 Å². The van der Waals surface area contributed by atoms with Crippen LogP contribution in [0.15, 0.2) is 23.1 Å². The molecular weight excluding hydrogens is 447 g/mol. The summed E-state index contributed by atoms with van der Waals surface area (Å²) in [5.74, 6) is 0.946. The second kappa shape index (κ2) is 8.70. The van der Waals surface area contributed by atoms with Crippen LogP contribution in [-0.4, -0.2) is 35.8 Å². The Hall–Kier alpha value is -1.87. The van der Waals surface area contributed by atoms with Crippen LogP contribution in [0.4, 0.5) is 5.82 Å². The van der Waals surface area contributed by atoms with Crippen molar-refractivity contribution in [1.82, 2.24) is 14.5 Å². The second-order valence-electron chi connectivity index (χ2n) is 7.15. The Balaban J connectivity index is 1.95. The van der Waals surface area contributed by atoms with E-state index < -0.39 is 9.84 Å². The number of methoxy groups -OCH3 is 1. The maximum Gasteiger partial charge on any atom is 0.179 e. The number of rotatable bonds is 7. The molecule has 0 fully saturated rings. The third-order valence-electron chi connectivity index (χ3n) is 5.17. The van der Waals surface area contributed by atoms with Gasteiger partial charge in [0.25, 0.3) is 0 Å². The number of aryl methyl sites for hydroxylation is 3. The molecule has 0 aliphatic rings. The van der Waals surface area contributed by atoms with E-state index in [2.05, 4.69) is 9.97 Å². The largest absolute Gasteiger partial charge is 0.382 e. The lowest BCUT2D eigenvalue weighted by atomic mass is 10.2. The lowest BCUT2D eigenvalue weighted by Gasteiger charge is -2.15. The van der Waals surface area contributed by atoms with Gasteiger partial charge >= 0.3 is 0 Å². The highest BCUT2D eigenvalue weighted by Crippen LogP contribution is 2.30. The Labute approximate surface area is 186 Å². The molecule has 3 aromatic rings. The molecule has 0 bridgehead atoms. The van der Waals surface area contributed by atoms with Crippen molar-refractivity contribution in [1.29, 1.82) is 0 Å². The number of aromatic nitrogens is 3. The number of sulfone groups is 1. The minimum Gasteiger partial charge on any atom is -0.382 e. The second-order valence-corrected chi connectivity index (χ2v) is 10.1. The zero-order valence-electron chi connectivity index (χ0n) is 17.2. The van der Waals surface area contributed by atoms with Crippen molar-refractivity contribution >= 4 is 49.9 Å². The van der Waals surface area contributed by atoms with Crippen molar-refractivity contribution in [3.8, 4) is 0 Å². The average molecular weight is 471 g/mol. The molecule has 7 nitrogen and oxygen atoms in total. The average Bonchev–Trinajstić information content (AvgIpc) is 3.05. The van der Waals surface area contributed by atoms with Gasteiger partial charge in [-0.2, -0.15) is 0 Å². The van der Waals surface area contributed by atoms with Crippen molar-refractivity contribution in [2.75, 3.05) is 18.6 Å². The monoisotopic (exact) mass is 470 g/mol. The van der Waals surface area contributed by atoms with E-state index in [4.69, 9.17) is 33.7 Å². The Morgan fingerprint density at radius 3 is 2.57 bits per heavy atom. The van der Waals surface area contributed by atoms with E-state index >= 15 is 0 Å². The van der Waals surface area contributed by atoms with Crippen LogP contribution in [0.25, 0.3) is 11.0 Å². The fourth-order valence-electron chi connectivity index (χ4n) is 3.41. The van der Waals surface area contributed by atoms with Crippen LogP contribution in [0.2, 0.25) is 10.0 Å². The first kappa shape index (κ1) is 22.8. The highest BCUT2D eigenvalue weighted by Gasteiger charge is 2.23. The number of halogens is 2. The number of nitrogen functional groups attached to an aromatic ring is 1. The molecule has 0 saturated carbocycles. The summed E-state index contributed by atoms with van der Waals surface area (Å²) in [5.41, 5.74) is 9.30. The van der Waals surface area contributed by atoms with Crippen molar-refractivity contribution in [2.24, 2.45) is 0 Å². The van der Waals surface area contributed by atoms with Gasteiger partial charge in [0.1, 0.15) is 17.4 Å². The van der Waals surface area contributed by atoms with E-state index in [-0.39, 0.29) is 21.8 Å². The van der Waals surface area contributed by atoms with Gasteiger partial charge in [-0.05, 0) is 51.0 Å². The summed E-state index contributed by atoms with van der Waals surface area (Å²) in [5, 5.41) is 0.508. The predicted octanol–water partition coefficient (Wildman–Crippen LogP) is 4.51. The smallest absolute Gasteiger partial charge is 0.179 e. The molecule has 1 aromatic carbocycles. The van der Waals surface area contributed by atoms with E-state index in [1.165, 1.54) is 18.2 Å². The molecule has 0 amide bonds. The van der Waals surface area contributed by atoms with Gasteiger partial charge in [0.05, 0.1) is 21.2 Å². The first-order valence-corrected chi connectivity index (χ1v) is 11.8. The molecule has 162 valence electrons. The standard InChI is InChI=1S/C20H24Cl2N4O3S/c1-11-12(2)24-19(23)17-18(11)26(20(25-17)13(3)29-4)8-5-9-30(27,28)16-7-6-14(21)10-15(16)22/h6-7,10,13H,5,8-9H2,1-4H3,(H2,23,24). The van der Waals surface area contributed by atoms with Gasteiger partial charge in [-0.25, -0.2) is 18.4 Å². The van der Waals surface area contributed by atoms with E-state index in [0.29, 0.717) is 35.1 Å². The van der Waals surface area contributed by atoms with E-state index in [0.717, 1.165) is 16.8 Å². The number of imidazole rings is 1. The molecule has 1 unspecified atom stereocenters. The molecule has 2 N–H and O–H groups in total. The van der Waals surface area contributed by atoms with E-state index in [1.54, 1.807) is 7.11 Å². The molecule has 2 heterocycles. The summed E-state index contributed by atoms with van der Waals surface area (Å²) in [6.07, 6.45) is 0.0653. The minimum atomic E-state index is -3.57. The number of nitrogens with zero attached hydrogens (tertiary/aromatic N) is 3. The van der Waals surface area contributed by atoms with Crippen LogP contribution in [0.1, 0.15) is 36.5 Å². The lowest BCUT2D eigenvalue weighted by molar-refractivity contribution is 0.109. The molecule has 0 saturated heterocycles. The summed E-state index contributed by atoms with van der Waals surface area (Å²) >= 11 is 12.0. The zero-order valence-corrected chi connectivity index (χ0v) is 19.6. The van der Waals surface area contributed by atoms with Gasteiger partial charge in [-0.15, -0.1) is 0 Å². The molecular formula is C20H24Cl2N4O3S. The van der Waals surface area contributed by atoms with Crippen molar-refractivity contribution in [3.05, 3.63) is 45.3 Å². The SMILES string of the molecule is COC(C)c1nc2c(N)nc(C)c(C)c2n1CCCS(=O)(=O)c1ccc(Cl)cc1Cl. The zero-order chi connectivity index (χ0) is 22.2. The maximum atomic E-state index is 12.8. The Kier molecular flexibility index (Phi) is 6.62. The molecule has 1 atom stereocenters. The lowest BCUT2D eigenvalue weighted by Crippen LogP contribution is -2.14. The van der Waals surface area contributed by atoms with Crippen molar-refractivity contribution in [3.63, 3.8) is 0 Å². The summed E-state index contributed by atoms with van der Waals surface area (Å²) < 4.78 is 33.0. The van der Waals surface area contributed by atoms with Crippen LogP contribution in [-0.2, 0) is 21.1 Å². The first-order chi connectivity index (χ1) is 14.1. The maximum absolute atomic E-state index is 12.8. The number of pyridine rings is 1. The minimum absolute atomic E-state index is 0.0760. The van der Waals surface area contributed by atoms with Crippen molar-refractivity contribution in [2.45, 2.75) is 44.7 Å². The van der Waals surface area contributed by atoms with Crippen LogP contribution in [0, 0.1) is 13.8 Å². The van der Waals surface area contributed by atoms with Gasteiger partial charge in [-0.3, -0.25) is 0 Å². The van der Waals surface area contributed by atoms with Crippen molar-refractivity contribution < 1.29 is 13.2 Å². The number of fused-ring (bicyclic) bond motifs is 1. The van der Waals surface area contributed by atoms with Crippen LogP contribution in [0.3, 0.4) is 0 Å². The number of ether oxygens (including phenoxy) is 1. The predicted molar refractivity (Wildman–Crippen MR) is 120 cm³/mol. The molecule has 2 aromatic heterocycles. The van der Waals surface area contributed by atoms with Gasteiger partial charge in [0, 0.05) is 24.4 Å². The molecule has 0 aliphatic carbocycles. The number of hydrogen-bond acceptors (Lipinski definition) is 6. The molecule has 10 heteroatoms. The molecule has 3 rings (SSSR count). The van der Waals surface area contributed by atoms with Gasteiger partial charge in [0.2, 0.25) is 0 Å². The fourth-order valence-corrected chi connectivity index (χ4v) is 5.53. The van der Waals surface area contributed by atoms with E-state index in [9.17, 15) is 8.42 Å². The Bertz CT molecular complexity index is 1210. The topological polar surface area (TPSA) is 100 Å². The number of benzene rings is 1. The van der Waals surface area contributed by atoms with E-state index in [1.807, 2.05) is 25.3 Å². The highest BCUT2D eigenvalue weighted by molar-refractivity contribution is 7.91. The highest BCUT2D eigenvalue weighted by atomic mass is 35.5. The number of nitrogens with two attached hydrogens (primary N) is 1. The van der Waals surface area contributed by atoms with Gasteiger partial charge in [0.15, 0.2) is 15.7 Å². The third kappa shape index (κ3) is 4.27. The van der Waals surface area contributed by atoms with Gasteiger partial charge in [-0.1, -0.05) is 23.2 Å². The molecule has 0 radical (unpaired) electrons. The summed E-state index contributed by atoms with van der Waals surface area (Å²) in [6.45, 7) is 6.14. The first-order valence-electron chi connectivity index (χ1n) is 9.40. The summed E-state index contributed by atoms with van der Waals surface area (Å²) in [6, 6.07) is 4.38.